The summed E-state index contributed by atoms with van der Waals surface area (Å²) in [5, 5.41) is 0. The van der Waals surface area contributed by atoms with Crippen molar-refractivity contribution in [1.29, 1.82) is 0 Å². The molecule has 0 aromatic carbocycles. The zero-order chi connectivity index (χ0) is 10.3. The number of hydrogen-bond donors (Lipinski definition) is 0. The monoisotopic (exact) mass is 210 g/mol. The van der Waals surface area contributed by atoms with Crippen LogP contribution in [-0.2, 0) is 9.47 Å². The van der Waals surface area contributed by atoms with E-state index in [1.165, 1.54) is 0 Å². The molecule has 0 N–H and O–H groups in total. The molecular weight excluding hydrogens is 206 g/mol. The van der Waals surface area contributed by atoms with Crippen molar-refractivity contribution in [3.63, 3.8) is 0 Å². The highest BCUT2D eigenvalue weighted by atomic mass is 19.4. The molecule has 1 unspecified atom stereocenters. The minimum absolute atomic E-state index is 0.783. The quantitative estimate of drug-likeness (QED) is 0.568. The van der Waals surface area contributed by atoms with Gasteiger partial charge in [-0.25, -0.2) is 0 Å². The van der Waals surface area contributed by atoms with Gasteiger partial charge in [0.2, 0.25) is 0 Å². The van der Waals surface area contributed by atoms with Crippen molar-refractivity contribution in [3.8, 4) is 0 Å². The number of halogens is 6. The van der Waals surface area contributed by atoms with E-state index in [2.05, 4.69) is 9.47 Å². The van der Waals surface area contributed by atoms with Crippen LogP contribution >= 0.6 is 0 Å². The summed E-state index contributed by atoms with van der Waals surface area (Å²) in [7, 11) is 0. The Kier molecular flexibility index (Phi) is 2.23. The van der Waals surface area contributed by atoms with Crippen LogP contribution in [-0.4, -0.2) is 31.4 Å². The average molecular weight is 210 g/mol. The zero-order valence-electron chi connectivity index (χ0n) is 6.00. The van der Waals surface area contributed by atoms with Crippen LogP contribution in [0, 0.1) is 0 Å². The van der Waals surface area contributed by atoms with Crippen molar-refractivity contribution < 1.29 is 35.8 Å². The van der Waals surface area contributed by atoms with Crippen LogP contribution in [0.2, 0.25) is 0 Å². The molecular formula is C5H4F6O2. The Morgan fingerprint density at radius 3 is 1.69 bits per heavy atom. The summed E-state index contributed by atoms with van der Waals surface area (Å²) in [5.74, 6) is -5.04. The minimum Gasteiger partial charge on any atom is -0.330 e. The summed E-state index contributed by atoms with van der Waals surface area (Å²) in [6.07, 6.45) is -10.8. The Morgan fingerprint density at radius 1 is 0.923 bits per heavy atom. The van der Waals surface area contributed by atoms with Gasteiger partial charge in [0, 0.05) is 0 Å². The molecule has 0 radical (unpaired) electrons. The lowest BCUT2D eigenvalue weighted by Crippen LogP contribution is -2.61. The highest BCUT2D eigenvalue weighted by Gasteiger charge is 2.75. The zero-order valence-corrected chi connectivity index (χ0v) is 6.00. The lowest BCUT2D eigenvalue weighted by Gasteiger charge is -2.36. The molecule has 1 rings (SSSR count). The molecule has 0 bridgehead atoms. The van der Waals surface area contributed by atoms with Crippen LogP contribution in [0.25, 0.3) is 0 Å². The largest absolute Gasteiger partial charge is 0.457 e. The first-order valence-corrected chi connectivity index (χ1v) is 3.12. The predicted molar refractivity (Wildman–Crippen MR) is 26.7 cm³/mol. The molecule has 0 amide bonds. The molecule has 1 heterocycles. The van der Waals surface area contributed by atoms with Gasteiger partial charge in [-0.15, -0.1) is 0 Å². The van der Waals surface area contributed by atoms with E-state index in [0.717, 1.165) is 0 Å². The molecule has 1 aliphatic heterocycles. The van der Waals surface area contributed by atoms with Gasteiger partial charge in [-0.05, 0) is 0 Å². The Morgan fingerprint density at radius 2 is 1.38 bits per heavy atom. The van der Waals surface area contributed by atoms with E-state index in [-0.39, 0.29) is 0 Å². The third kappa shape index (κ3) is 1.48. The number of rotatable bonds is 0. The van der Waals surface area contributed by atoms with Crippen LogP contribution in [0.3, 0.4) is 0 Å². The first-order valence-electron chi connectivity index (χ1n) is 3.12. The maximum absolute atomic E-state index is 12.6. The summed E-state index contributed by atoms with van der Waals surface area (Å²) < 4.78 is 79.3. The topological polar surface area (TPSA) is 18.5 Å². The number of alkyl halides is 6. The first-order chi connectivity index (χ1) is 5.71. The Labute approximate surface area is 68.4 Å². The highest BCUT2D eigenvalue weighted by Crippen LogP contribution is 2.48. The second-order valence-corrected chi connectivity index (χ2v) is 2.31. The molecule has 8 heteroatoms. The summed E-state index contributed by atoms with van der Waals surface area (Å²) >= 11 is 0. The fourth-order valence-corrected chi connectivity index (χ4v) is 0.776. The van der Waals surface area contributed by atoms with Crippen LogP contribution < -0.4 is 0 Å². The van der Waals surface area contributed by atoms with E-state index in [9.17, 15) is 26.3 Å². The van der Waals surface area contributed by atoms with Gasteiger partial charge in [-0.3, -0.25) is 0 Å². The van der Waals surface area contributed by atoms with Crippen LogP contribution in [0.1, 0.15) is 0 Å². The molecule has 1 saturated heterocycles. The molecule has 0 aromatic rings. The van der Waals surface area contributed by atoms with E-state index >= 15 is 0 Å². The first kappa shape index (κ1) is 10.6. The predicted octanol–water partition coefficient (Wildman–Crippen LogP) is 1.85. The molecule has 0 spiro atoms. The van der Waals surface area contributed by atoms with Gasteiger partial charge in [0.1, 0.15) is 0 Å². The standard InChI is InChI=1S/C5H4F6O2/c6-3(4(7,8)9)5(10,11)13-2-1-12-3/h1-2H2. The summed E-state index contributed by atoms with van der Waals surface area (Å²) in [6.45, 7) is -1.65. The molecule has 1 atom stereocenters. The van der Waals surface area contributed by atoms with Crippen LogP contribution in [0.15, 0.2) is 0 Å². The molecule has 0 aliphatic carbocycles. The van der Waals surface area contributed by atoms with Gasteiger partial charge in [0.15, 0.2) is 0 Å². The normalized spacial score (nSPS) is 34.6. The van der Waals surface area contributed by atoms with Crippen molar-refractivity contribution in [2.75, 3.05) is 13.2 Å². The summed E-state index contributed by atoms with van der Waals surface area (Å²) in [5.41, 5.74) is 0. The van der Waals surface area contributed by atoms with Gasteiger partial charge >= 0.3 is 18.1 Å². The second kappa shape index (κ2) is 2.74. The molecule has 1 aliphatic rings. The maximum atomic E-state index is 12.6. The number of ether oxygens (including phenoxy) is 2. The summed E-state index contributed by atoms with van der Waals surface area (Å²) in [6, 6.07) is 0. The van der Waals surface area contributed by atoms with E-state index < -0.39 is 31.4 Å². The number of hydrogen-bond acceptors (Lipinski definition) is 2. The molecule has 13 heavy (non-hydrogen) atoms. The van der Waals surface area contributed by atoms with E-state index in [0.29, 0.717) is 0 Å². The van der Waals surface area contributed by atoms with Crippen LogP contribution in [0.5, 0.6) is 0 Å². The minimum atomic E-state index is -5.82. The van der Waals surface area contributed by atoms with Crippen molar-refractivity contribution in [3.05, 3.63) is 0 Å². The molecule has 1 fully saturated rings. The van der Waals surface area contributed by atoms with Crippen LogP contribution in [0.4, 0.5) is 26.3 Å². The SMILES string of the molecule is FC(F)(F)C1(F)OCCOC1(F)F. The second-order valence-electron chi connectivity index (χ2n) is 2.31. The lowest BCUT2D eigenvalue weighted by molar-refractivity contribution is -0.481. The molecule has 2 nitrogen and oxygen atoms in total. The Hall–Kier alpha value is -0.500. The van der Waals surface area contributed by atoms with Crippen molar-refractivity contribution in [2.45, 2.75) is 18.1 Å². The van der Waals surface area contributed by atoms with Gasteiger partial charge in [0.25, 0.3) is 0 Å². The van der Waals surface area contributed by atoms with Gasteiger partial charge in [0.05, 0.1) is 13.2 Å². The molecule has 0 saturated carbocycles. The van der Waals surface area contributed by atoms with Gasteiger partial charge in [-0.1, -0.05) is 0 Å². The van der Waals surface area contributed by atoms with E-state index in [1.54, 1.807) is 0 Å². The Balaban J connectivity index is 2.98. The highest BCUT2D eigenvalue weighted by molar-refractivity contribution is 4.88. The third-order valence-electron chi connectivity index (χ3n) is 1.41. The van der Waals surface area contributed by atoms with Crippen molar-refractivity contribution in [2.24, 2.45) is 0 Å². The fourth-order valence-electron chi connectivity index (χ4n) is 0.776. The lowest BCUT2D eigenvalue weighted by atomic mass is 10.2. The fraction of sp³-hybridized carbons (Fsp3) is 1.00. The Bertz CT molecular complexity index is 202. The third-order valence-corrected chi connectivity index (χ3v) is 1.41. The van der Waals surface area contributed by atoms with Gasteiger partial charge < -0.3 is 9.47 Å². The summed E-state index contributed by atoms with van der Waals surface area (Å²) in [4.78, 5) is 0. The molecule has 78 valence electrons. The van der Waals surface area contributed by atoms with Crippen molar-refractivity contribution in [1.82, 2.24) is 0 Å². The van der Waals surface area contributed by atoms with E-state index in [1.807, 2.05) is 0 Å². The smallest absolute Gasteiger partial charge is 0.330 e. The van der Waals surface area contributed by atoms with Gasteiger partial charge in [-0.2, -0.15) is 26.3 Å². The maximum Gasteiger partial charge on any atom is 0.457 e. The van der Waals surface area contributed by atoms with E-state index in [4.69, 9.17) is 0 Å². The molecule has 0 aromatic heterocycles. The average Bonchev–Trinajstić information content (AvgIpc) is 1.93. The van der Waals surface area contributed by atoms with Crippen molar-refractivity contribution >= 4 is 0 Å².